The molecule has 1 aliphatic heterocycles. The largest absolute Gasteiger partial charge is 0.481 e. The maximum absolute atomic E-state index is 12.8. The molecule has 0 bridgehead atoms. The van der Waals surface area contributed by atoms with Gasteiger partial charge >= 0.3 is 0 Å². The molecule has 4 rings (SSSR count). The highest BCUT2D eigenvalue weighted by atomic mass is 16.5. The van der Waals surface area contributed by atoms with Gasteiger partial charge in [-0.2, -0.15) is 0 Å². The third-order valence-electron chi connectivity index (χ3n) is 5.60. The highest BCUT2D eigenvalue weighted by Gasteiger charge is 2.22. The standard InChI is InChI=1S/C22H25N5O4/c1-14(15-6-9-31-10-7-15)26-21(28)17-3-4-19(24-12-17)27-22(29)18(13-25-27)16-5-8-23-20(11-16)30-2/h3-5,8,11-15,25H,6-7,9-10H2,1-2H3,(H,26,28). The van der Waals surface area contributed by atoms with Crippen molar-refractivity contribution < 1.29 is 14.3 Å². The van der Waals surface area contributed by atoms with Gasteiger partial charge in [-0.05, 0) is 49.4 Å². The van der Waals surface area contributed by atoms with Crippen molar-refractivity contribution in [2.75, 3.05) is 20.3 Å². The minimum Gasteiger partial charge on any atom is -0.481 e. The average Bonchev–Trinajstić information content (AvgIpc) is 3.21. The Hall–Kier alpha value is -3.46. The number of nitrogens with one attached hydrogen (secondary N) is 2. The zero-order valence-corrected chi connectivity index (χ0v) is 17.5. The topological polar surface area (TPSA) is 111 Å². The van der Waals surface area contributed by atoms with Crippen LogP contribution in [0.15, 0.2) is 47.7 Å². The summed E-state index contributed by atoms with van der Waals surface area (Å²) >= 11 is 0. The number of hydrogen-bond donors (Lipinski definition) is 2. The normalized spacial score (nSPS) is 15.4. The van der Waals surface area contributed by atoms with Gasteiger partial charge in [0.25, 0.3) is 11.5 Å². The number of rotatable bonds is 6. The summed E-state index contributed by atoms with van der Waals surface area (Å²) in [5, 5.41) is 5.96. The number of aromatic amines is 1. The maximum atomic E-state index is 12.8. The molecule has 0 aromatic carbocycles. The summed E-state index contributed by atoms with van der Waals surface area (Å²) in [6.45, 7) is 3.49. The van der Waals surface area contributed by atoms with Crippen molar-refractivity contribution in [3.05, 3.63) is 58.8 Å². The van der Waals surface area contributed by atoms with Gasteiger partial charge in [-0.3, -0.25) is 14.7 Å². The fourth-order valence-corrected chi connectivity index (χ4v) is 3.71. The lowest BCUT2D eigenvalue weighted by Crippen LogP contribution is -2.40. The number of H-pyrrole nitrogens is 1. The fourth-order valence-electron chi connectivity index (χ4n) is 3.71. The summed E-state index contributed by atoms with van der Waals surface area (Å²) in [4.78, 5) is 33.8. The predicted octanol–water partition coefficient (Wildman–Crippen LogP) is 2.18. The Morgan fingerprint density at radius 2 is 2.10 bits per heavy atom. The van der Waals surface area contributed by atoms with E-state index in [1.807, 2.05) is 6.92 Å². The number of carbonyl (C=O) groups excluding carboxylic acids is 1. The highest BCUT2D eigenvalue weighted by molar-refractivity contribution is 5.94. The van der Waals surface area contributed by atoms with Crippen molar-refractivity contribution in [3.63, 3.8) is 0 Å². The van der Waals surface area contributed by atoms with E-state index in [-0.39, 0.29) is 17.5 Å². The van der Waals surface area contributed by atoms with Crippen LogP contribution in [0.3, 0.4) is 0 Å². The second-order valence-electron chi connectivity index (χ2n) is 7.53. The first-order chi connectivity index (χ1) is 15.1. The first kappa shape index (κ1) is 20.8. The zero-order chi connectivity index (χ0) is 21.8. The zero-order valence-electron chi connectivity index (χ0n) is 17.5. The van der Waals surface area contributed by atoms with Crippen molar-refractivity contribution in [1.82, 2.24) is 25.1 Å². The third-order valence-corrected chi connectivity index (χ3v) is 5.60. The lowest BCUT2D eigenvalue weighted by atomic mass is 9.93. The molecule has 9 nitrogen and oxygen atoms in total. The highest BCUT2D eigenvalue weighted by Crippen LogP contribution is 2.20. The van der Waals surface area contributed by atoms with E-state index < -0.39 is 0 Å². The summed E-state index contributed by atoms with van der Waals surface area (Å²) in [6.07, 6.45) is 6.55. The van der Waals surface area contributed by atoms with E-state index in [4.69, 9.17) is 9.47 Å². The number of amides is 1. The van der Waals surface area contributed by atoms with E-state index in [2.05, 4.69) is 20.4 Å². The number of carbonyl (C=O) groups is 1. The van der Waals surface area contributed by atoms with Gasteiger partial charge in [0, 0.05) is 43.9 Å². The molecule has 0 aliphatic carbocycles. The molecule has 1 fully saturated rings. The smallest absolute Gasteiger partial charge is 0.280 e. The number of nitrogens with zero attached hydrogens (tertiary/aromatic N) is 3. The Bertz CT molecular complexity index is 1100. The minimum atomic E-state index is -0.258. The summed E-state index contributed by atoms with van der Waals surface area (Å²) < 4.78 is 11.8. The van der Waals surface area contributed by atoms with E-state index in [0.717, 1.165) is 26.1 Å². The molecular formula is C22H25N5O4. The number of methoxy groups -OCH3 is 1. The van der Waals surface area contributed by atoms with Crippen LogP contribution in [0.5, 0.6) is 5.88 Å². The number of pyridine rings is 2. The van der Waals surface area contributed by atoms with Crippen LogP contribution in [-0.2, 0) is 4.74 Å². The van der Waals surface area contributed by atoms with Crippen LogP contribution >= 0.6 is 0 Å². The maximum Gasteiger partial charge on any atom is 0.280 e. The van der Waals surface area contributed by atoms with Crippen molar-refractivity contribution >= 4 is 5.91 Å². The molecule has 3 aromatic rings. The molecule has 1 atom stereocenters. The average molecular weight is 423 g/mol. The second-order valence-corrected chi connectivity index (χ2v) is 7.53. The molecule has 162 valence electrons. The molecule has 0 radical (unpaired) electrons. The number of aromatic nitrogens is 4. The van der Waals surface area contributed by atoms with Crippen molar-refractivity contribution in [1.29, 1.82) is 0 Å². The minimum absolute atomic E-state index is 0.0574. The molecule has 0 saturated carbocycles. The number of ether oxygens (including phenoxy) is 2. The first-order valence-electron chi connectivity index (χ1n) is 10.2. The van der Waals surface area contributed by atoms with Crippen LogP contribution in [0.1, 0.15) is 30.1 Å². The molecule has 31 heavy (non-hydrogen) atoms. The molecule has 0 spiro atoms. The van der Waals surface area contributed by atoms with Gasteiger partial charge < -0.3 is 14.8 Å². The van der Waals surface area contributed by atoms with Gasteiger partial charge in [-0.25, -0.2) is 14.6 Å². The number of hydrogen-bond acceptors (Lipinski definition) is 6. The van der Waals surface area contributed by atoms with Crippen LogP contribution in [0.25, 0.3) is 16.9 Å². The summed E-state index contributed by atoms with van der Waals surface area (Å²) in [6, 6.07) is 6.79. The van der Waals surface area contributed by atoms with Crippen LogP contribution in [0.2, 0.25) is 0 Å². The summed E-state index contributed by atoms with van der Waals surface area (Å²) in [5.74, 6) is 1.05. The molecule has 2 N–H and O–H groups in total. The van der Waals surface area contributed by atoms with Crippen molar-refractivity contribution in [2.45, 2.75) is 25.8 Å². The molecule has 1 aliphatic rings. The van der Waals surface area contributed by atoms with E-state index in [0.29, 0.717) is 34.3 Å². The van der Waals surface area contributed by atoms with Gasteiger partial charge in [-0.15, -0.1) is 0 Å². The molecule has 1 amide bonds. The Balaban J connectivity index is 1.49. The Labute approximate surface area is 179 Å². The third kappa shape index (κ3) is 4.51. The van der Waals surface area contributed by atoms with Gasteiger partial charge in [0.05, 0.1) is 18.2 Å². The lowest BCUT2D eigenvalue weighted by molar-refractivity contribution is 0.0538. The SMILES string of the molecule is COc1cc(-c2c[nH]n(-c3ccc(C(=O)NC(C)C4CCOCC4)cn3)c2=O)ccn1. The Morgan fingerprint density at radius 3 is 2.81 bits per heavy atom. The molecule has 4 heterocycles. The Kier molecular flexibility index (Phi) is 6.13. The van der Waals surface area contributed by atoms with Crippen LogP contribution in [-0.4, -0.2) is 52.0 Å². The molecule has 9 heteroatoms. The molecular weight excluding hydrogens is 398 g/mol. The quantitative estimate of drug-likeness (QED) is 0.629. The lowest BCUT2D eigenvalue weighted by Gasteiger charge is -2.28. The van der Waals surface area contributed by atoms with E-state index in [1.54, 1.807) is 36.7 Å². The Morgan fingerprint density at radius 1 is 1.29 bits per heavy atom. The van der Waals surface area contributed by atoms with Gasteiger partial charge in [-0.1, -0.05) is 0 Å². The monoisotopic (exact) mass is 423 g/mol. The predicted molar refractivity (Wildman–Crippen MR) is 114 cm³/mol. The summed E-state index contributed by atoms with van der Waals surface area (Å²) in [5.41, 5.74) is 1.34. The van der Waals surface area contributed by atoms with E-state index in [1.165, 1.54) is 18.0 Å². The second kappa shape index (κ2) is 9.13. The van der Waals surface area contributed by atoms with Gasteiger partial charge in [0.2, 0.25) is 5.88 Å². The van der Waals surface area contributed by atoms with Crippen LogP contribution in [0, 0.1) is 5.92 Å². The molecule has 1 saturated heterocycles. The van der Waals surface area contributed by atoms with Crippen LogP contribution < -0.4 is 15.6 Å². The van der Waals surface area contributed by atoms with Crippen molar-refractivity contribution in [3.8, 4) is 22.8 Å². The molecule has 1 unspecified atom stereocenters. The van der Waals surface area contributed by atoms with Crippen LogP contribution in [0.4, 0.5) is 0 Å². The van der Waals surface area contributed by atoms with E-state index >= 15 is 0 Å². The summed E-state index contributed by atoms with van der Waals surface area (Å²) in [7, 11) is 1.52. The first-order valence-corrected chi connectivity index (χ1v) is 10.2. The molecule has 3 aromatic heterocycles. The van der Waals surface area contributed by atoms with Gasteiger partial charge in [0.15, 0.2) is 5.82 Å². The van der Waals surface area contributed by atoms with E-state index in [9.17, 15) is 9.59 Å². The fraction of sp³-hybridized carbons (Fsp3) is 0.364. The van der Waals surface area contributed by atoms with Crippen molar-refractivity contribution in [2.24, 2.45) is 5.92 Å². The van der Waals surface area contributed by atoms with Gasteiger partial charge in [0.1, 0.15) is 0 Å².